The van der Waals surface area contributed by atoms with Gasteiger partial charge < -0.3 is 25.0 Å². The van der Waals surface area contributed by atoms with Gasteiger partial charge in [0.05, 0.1) is 0 Å². The molecule has 2 N–H and O–H groups in total. The van der Waals surface area contributed by atoms with E-state index >= 15 is 0 Å². The minimum atomic E-state index is -2.28. The second-order valence-electron chi connectivity index (χ2n) is 7.57. The first-order valence-corrected chi connectivity index (χ1v) is 11.2. The van der Waals surface area contributed by atoms with E-state index < -0.39 is 11.1 Å². The molecule has 8 nitrogen and oxygen atoms in total. The second kappa shape index (κ2) is 9.42. The Labute approximate surface area is 184 Å². The Balaban J connectivity index is 1.46. The number of benzene rings is 2. The number of piperazine rings is 1. The zero-order valence-electron chi connectivity index (χ0n) is 17.5. The molecule has 162 valence electrons. The SMILES string of the molecule is Cc1cnc(Nc2ccc(N3CCN(C)CC3)cc2)nc1Nc1cccc(S(=O)[O-])c1. The third-order valence-corrected chi connectivity index (χ3v) is 5.89. The fourth-order valence-electron chi connectivity index (χ4n) is 3.39. The fourth-order valence-corrected chi connectivity index (χ4v) is 3.81. The lowest BCUT2D eigenvalue weighted by molar-refractivity contribution is 0.313. The van der Waals surface area contributed by atoms with Gasteiger partial charge >= 0.3 is 0 Å². The van der Waals surface area contributed by atoms with Crippen molar-refractivity contribution in [1.82, 2.24) is 14.9 Å². The normalized spacial score (nSPS) is 15.5. The number of hydrogen-bond acceptors (Lipinski definition) is 8. The first-order valence-electron chi connectivity index (χ1n) is 10.1. The Hall–Kier alpha value is -3.01. The molecule has 0 aliphatic carbocycles. The maximum absolute atomic E-state index is 11.2. The first kappa shape index (κ1) is 21.2. The topological polar surface area (TPSA) is 96.5 Å². The van der Waals surface area contributed by atoms with Gasteiger partial charge in [0.15, 0.2) is 0 Å². The van der Waals surface area contributed by atoms with Crippen LogP contribution >= 0.6 is 0 Å². The van der Waals surface area contributed by atoms with Crippen molar-refractivity contribution in [2.75, 3.05) is 48.8 Å². The molecular formula is C22H25N6O2S-. The third kappa shape index (κ3) is 5.38. The number of aryl methyl sites for hydroxylation is 1. The molecule has 0 amide bonds. The van der Waals surface area contributed by atoms with Crippen LogP contribution in [0.2, 0.25) is 0 Å². The number of aromatic nitrogens is 2. The lowest BCUT2D eigenvalue weighted by atomic mass is 10.2. The predicted molar refractivity (Wildman–Crippen MR) is 123 cm³/mol. The summed E-state index contributed by atoms with van der Waals surface area (Å²) in [5, 5.41) is 6.41. The number of hydrogen-bond donors (Lipinski definition) is 2. The molecule has 1 unspecified atom stereocenters. The van der Waals surface area contributed by atoms with Crippen molar-refractivity contribution in [3.8, 4) is 0 Å². The highest BCUT2D eigenvalue weighted by atomic mass is 32.2. The lowest BCUT2D eigenvalue weighted by Gasteiger charge is -2.34. The molecule has 1 atom stereocenters. The van der Waals surface area contributed by atoms with Gasteiger partial charge in [0.1, 0.15) is 5.82 Å². The van der Waals surface area contributed by atoms with Crippen molar-refractivity contribution >= 4 is 39.9 Å². The van der Waals surface area contributed by atoms with E-state index in [-0.39, 0.29) is 4.90 Å². The summed E-state index contributed by atoms with van der Waals surface area (Å²) in [4.78, 5) is 13.9. The Morgan fingerprint density at radius 3 is 2.45 bits per heavy atom. The average molecular weight is 438 g/mol. The highest BCUT2D eigenvalue weighted by Gasteiger charge is 2.14. The van der Waals surface area contributed by atoms with Crippen LogP contribution in [0.3, 0.4) is 0 Å². The van der Waals surface area contributed by atoms with Crippen molar-refractivity contribution in [2.45, 2.75) is 11.8 Å². The van der Waals surface area contributed by atoms with Crippen molar-refractivity contribution in [2.24, 2.45) is 0 Å². The highest BCUT2D eigenvalue weighted by Crippen LogP contribution is 2.24. The summed E-state index contributed by atoms with van der Waals surface area (Å²) in [6.45, 7) is 6.09. The molecule has 1 aliphatic heterocycles. The van der Waals surface area contributed by atoms with Crippen molar-refractivity contribution in [1.29, 1.82) is 0 Å². The van der Waals surface area contributed by atoms with Gasteiger partial charge in [-0.2, -0.15) is 4.98 Å². The lowest BCUT2D eigenvalue weighted by Crippen LogP contribution is -2.44. The van der Waals surface area contributed by atoms with Crippen LogP contribution in [0.5, 0.6) is 0 Å². The minimum Gasteiger partial charge on any atom is -0.768 e. The summed E-state index contributed by atoms with van der Waals surface area (Å²) in [5.74, 6) is 1.07. The Bertz CT molecular complexity index is 1070. The molecule has 31 heavy (non-hydrogen) atoms. The molecule has 2 aromatic carbocycles. The van der Waals surface area contributed by atoms with E-state index in [0.717, 1.165) is 37.4 Å². The van der Waals surface area contributed by atoms with Crippen LogP contribution in [0.25, 0.3) is 0 Å². The summed E-state index contributed by atoms with van der Waals surface area (Å²) in [7, 11) is 2.15. The molecule has 0 radical (unpaired) electrons. The van der Waals surface area contributed by atoms with Crippen LogP contribution in [0.15, 0.2) is 59.6 Å². The van der Waals surface area contributed by atoms with E-state index in [2.05, 4.69) is 49.6 Å². The molecule has 1 aromatic heterocycles. The molecular weight excluding hydrogens is 412 g/mol. The van der Waals surface area contributed by atoms with Gasteiger partial charge in [-0.15, -0.1) is 0 Å². The predicted octanol–water partition coefficient (Wildman–Crippen LogP) is 3.26. The summed E-state index contributed by atoms with van der Waals surface area (Å²) < 4.78 is 22.4. The molecule has 1 fully saturated rings. The molecule has 9 heteroatoms. The molecule has 0 saturated carbocycles. The smallest absolute Gasteiger partial charge is 0.229 e. The first-order chi connectivity index (χ1) is 15.0. The van der Waals surface area contributed by atoms with Crippen LogP contribution in [-0.2, 0) is 11.1 Å². The van der Waals surface area contributed by atoms with E-state index in [1.54, 1.807) is 30.5 Å². The quantitative estimate of drug-likeness (QED) is 0.567. The van der Waals surface area contributed by atoms with E-state index in [9.17, 15) is 8.76 Å². The van der Waals surface area contributed by atoms with Gasteiger partial charge in [0, 0.05) is 59.9 Å². The molecule has 0 spiro atoms. The fraction of sp³-hybridized carbons (Fsp3) is 0.273. The Morgan fingerprint density at radius 2 is 1.74 bits per heavy atom. The Morgan fingerprint density at radius 1 is 1.00 bits per heavy atom. The molecule has 4 rings (SSSR count). The van der Waals surface area contributed by atoms with Crippen molar-refractivity contribution in [3.63, 3.8) is 0 Å². The summed E-state index contributed by atoms with van der Waals surface area (Å²) >= 11 is -2.28. The highest BCUT2D eigenvalue weighted by molar-refractivity contribution is 7.79. The standard InChI is InChI=1S/C22H26N6O2S/c1-16-15-23-22(26-21(16)24-18-4-3-5-20(14-18)31(29)30)25-17-6-8-19(9-7-17)28-12-10-27(2)11-13-28/h3-9,14-15H,10-13H2,1-2H3,(H,29,30)(H2,23,24,25,26)/p-1. The van der Waals surface area contributed by atoms with Gasteiger partial charge in [0.2, 0.25) is 5.95 Å². The summed E-state index contributed by atoms with van der Waals surface area (Å²) in [5.41, 5.74) is 3.61. The number of nitrogens with zero attached hydrogens (tertiary/aromatic N) is 4. The van der Waals surface area contributed by atoms with Crippen LogP contribution in [0.1, 0.15) is 5.56 Å². The van der Waals surface area contributed by atoms with Crippen LogP contribution in [0.4, 0.5) is 28.8 Å². The van der Waals surface area contributed by atoms with E-state index in [0.29, 0.717) is 17.5 Å². The molecule has 2 heterocycles. The Kier molecular flexibility index (Phi) is 6.45. The molecule has 3 aromatic rings. The number of anilines is 5. The zero-order chi connectivity index (χ0) is 21.8. The van der Waals surface area contributed by atoms with Crippen LogP contribution in [-0.4, -0.2) is 56.9 Å². The van der Waals surface area contributed by atoms with Crippen molar-refractivity contribution < 1.29 is 8.76 Å². The molecule has 1 aliphatic rings. The van der Waals surface area contributed by atoms with Gasteiger partial charge in [-0.3, -0.25) is 4.21 Å². The van der Waals surface area contributed by atoms with Crippen LogP contribution in [0, 0.1) is 6.92 Å². The third-order valence-electron chi connectivity index (χ3n) is 5.25. The molecule has 1 saturated heterocycles. The zero-order valence-corrected chi connectivity index (χ0v) is 18.4. The van der Waals surface area contributed by atoms with Gasteiger partial charge in [-0.25, -0.2) is 4.98 Å². The van der Waals surface area contributed by atoms with Gasteiger partial charge in [-0.1, -0.05) is 6.07 Å². The van der Waals surface area contributed by atoms with E-state index in [1.807, 2.05) is 19.1 Å². The summed E-state index contributed by atoms with van der Waals surface area (Å²) in [6.07, 6.45) is 1.73. The van der Waals surface area contributed by atoms with Gasteiger partial charge in [-0.05, 0) is 67.5 Å². The van der Waals surface area contributed by atoms with E-state index in [1.165, 1.54) is 5.69 Å². The maximum Gasteiger partial charge on any atom is 0.229 e. The number of likely N-dealkylation sites (N-methyl/N-ethyl adjacent to an activating group) is 1. The van der Waals surface area contributed by atoms with Crippen molar-refractivity contribution in [3.05, 3.63) is 60.3 Å². The van der Waals surface area contributed by atoms with E-state index in [4.69, 9.17) is 0 Å². The summed E-state index contributed by atoms with van der Waals surface area (Å²) in [6, 6.07) is 14.8. The van der Waals surface area contributed by atoms with Crippen LogP contribution < -0.4 is 15.5 Å². The average Bonchev–Trinajstić information content (AvgIpc) is 2.77. The monoisotopic (exact) mass is 437 g/mol. The maximum atomic E-state index is 11.2. The minimum absolute atomic E-state index is 0.218. The number of rotatable bonds is 6. The van der Waals surface area contributed by atoms with Gasteiger partial charge in [0.25, 0.3) is 0 Å². The molecule has 0 bridgehead atoms. The number of nitrogens with one attached hydrogen (secondary N) is 2. The largest absolute Gasteiger partial charge is 0.768 e. The second-order valence-corrected chi connectivity index (χ2v) is 8.52.